The number of aromatic nitrogens is 1. The van der Waals surface area contributed by atoms with Gasteiger partial charge in [0, 0.05) is 24.6 Å². The van der Waals surface area contributed by atoms with E-state index < -0.39 is 0 Å². The van der Waals surface area contributed by atoms with E-state index >= 15 is 0 Å². The Kier molecular flexibility index (Phi) is 4.77. The molecule has 0 atom stereocenters. The summed E-state index contributed by atoms with van der Waals surface area (Å²) >= 11 is 0. The number of methoxy groups -OCH3 is 2. The van der Waals surface area contributed by atoms with Crippen molar-refractivity contribution in [1.29, 1.82) is 0 Å². The Morgan fingerprint density at radius 2 is 1.90 bits per heavy atom. The molecule has 0 spiro atoms. The van der Waals surface area contributed by atoms with Gasteiger partial charge in [-0.2, -0.15) is 0 Å². The quantitative estimate of drug-likeness (QED) is 0.879. The zero-order chi connectivity index (χ0) is 15.2. The molecule has 0 amide bonds. The van der Waals surface area contributed by atoms with Crippen LogP contribution in [0.15, 0.2) is 36.5 Å². The van der Waals surface area contributed by atoms with Crippen molar-refractivity contribution < 1.29 is 14.3 Å². The number of pyridine rings is 1. The van der Waals surface area contributed by atoms with Crippen molar-refractivity contribution in [3.8, 4) is 11.5 Å². The predicted octanol–water partition coefficient (Wildman–Crippen LogP) is 2.04. The van der Waals surface area contributed by atoms with Gasteiger partial charge in [0.1, 0.15) is 11.6 Å². The van der Waals surface area contributed by atoms with Crippen LogP contribution in [0.25, 0.3) is 0 Å². The van der Waals surface area contributed by atoms with Crippen LogP contribution in [-0.4, -0.2) is 25.0 Å². The van der Waals surface area contributed by atoms with Gasteiger partial charge < -0.3 is 15.2 Å². The third-order valence-electron chi connectivity index (χ3n) is 3.16. The summed E-state index contributed by atoms with van der Waals surface area (Å²) in [5, 5.41) is 0. The van der Waals surface area contributed by atoms with Crippen LogP contribution < -0.4 is 15.2 Å². The molecule has 110 valence electrons. The number of Topliss-reactive ketones (excluding diaryl/α,β-unsaturated/α-hetero) is 1. The minimum absolute atomic E-state index is 0.0712. The second-order valence-corrected chi connectivity index (χ2v) is 4.63. The number of nitrogen functional groups attached to an aromatic ring is 1. The normalized spacial score (nSPS) is 10.2. The summed E-state index contributed by atoms with van der Waals surface area (Å²) in [7, 11) is 3.15. The number of hydrogen-bond donors (Lipinski definition) is 1. The second kappa shape index (κ2) is 6.74. The largest absolute Gasteiger partial charge is 0.493 e. The molecule has 2 aromatic rings. The van der Waals surface area contributed by atoms with Gasteiger partial charge in [0.05, 0.1) is 14.2 Å². The van der Waals surface area contributed by atoms with Crippen LogP contribution in [0.1, 0.15) is 11.1 Å². The molecule has 5 heteroatoms. The number of nitrogens with zero attached hydrogens (tertiary/aromatic N) is 1. The topological polar surface area (TPSA) is 74.4 Å². The summed E-state index contributed by atoms with van der Waals surface area (Å²) in [4.78, 5) is 16.1. The minimum Gasteiger partial charge on any atom is -0.493 e. The van der Waals surface area contributed by atoms with Crippen molar-refractivity contribution in [1.82, 2.24) is 4.98 Å². The highest BCUT2D eigenvalue weighted by molar-refractivity contribution is 5.84. The molecule has 21 heavy (non-hydrogen) atoms. The summed E-state index contributed by atoms with van der Waals surface area (Å²) < 4.78 is 10.4. The molecule has 0 aliphatic rings. The van der Waals surface area contributed by atoms with Crippen molar-refractivity contribution in [3.05, 3.63) is 47.7 Å². The van der Waals surface area contributed by atoms with Gasteiger partial charge in [-0.1, -0.05) is 12.1 Å². The zero-order valence-corrected chi connectivity index (χ0v) is 12.1. The van der Waals surface area contributed by atoms with E-state index in [0.29, 0.717) is 23.7 Å². The predicted molar refractivity (Wildman–Crippen MR) is 80.6 cm³/mol. The number of carbonyl (C=O) groups is 1. The molecule has 0 unspecified atom stereocenters. The Morgan fingerprint density at radius 3 is 2.57 bits per heavy atom. The van der Waals surface area contributed by atoms with E-state index in [1.165, 1.54) is 0 Å². The molecule has 0 radical (unpaired) electrons. The highest BCUT2D eigenvalue weighted by Gasteiger charge is 2.10. The smallest absolute Gasteiger partial charge is 0.161 e. The fraction of sp³-hybridized carbons (Fsp3) is 0.250. The molecular formula is C16H18N2O3. The van der Waals surface area contributed by atoms with E-state index in [0.717, 1.165) is 11.1 Å². The first-order valence-electron chi connectivity index (χ1n) is 6.56. The Bertz CT molecular complexity index is 641. The second-order valence-electron chi connectivity index (χ2n) is 4.63. The number of nitrogens with two attached hydrogens (primary N) is 1. The van der Waals surface area contributed by atoms with Crippen molar-refractivity contribution >= 4 is 11.6 Å². The van der Waals surface area contributed by atoms with E-state index in [9.17, 15) is 4.79 Å². The fourth-order valence-corrected chi connectivity index (χ4v) is 2.09. The van der Waals surface area contributed by atoms with Crippen molar-refractivity contribution in [2.75, 3.05) is 20.0 Å². The molecule has 2 rings (SSSR count). The average Bonchev–Trinajstić information content (AvgIpc) is 2.49. The zero-order valence-electron chi connectivity index (χ0n) is 12.1. The number of benzene rings is 1. The number of rotatable bonds is 6. The summed E-state index contributed by atoms with van der Waals surface area (Å²) in [6, 6.07) is 9.04. The maximum absolute atomic E-state index is 12.1. The van der Waals surface area contributed by atoms with Crippen molar-refractivity contribution in [2.45, 2.75) is 12.8 Å². The first kappa shape index (κ1) is 14.8. The lowest BCUT2D eigenvalue weighted by Gasteiger charge is -2.09. The van der Waals surface area contributed by atoms with Gasteiger partial charge >= 0.3 is 0 Å². The molecule has 1 heterocycles. The summed E-state index contributed by atoms with van der Waals surface area (Å²) in [6.45, 7) is 0. The number of ketones is 1. The minimum atomic E-state index is 0.0712. The third kappa shape index (κ3) is 3.72. The highest BCUT2D eigenvalue weighted by Crippen LogP contribution is 2.27. The van der Waals surface area contributed by atoms with Crippen LogP contribution in [0, 0.1) is 0 Å². The van der Waals surface area contributed by atoms with E-state index in [1.54, 1.807) is 32.5 Å². The Balaban J connectivity index is 2.08. The van der Waals surface area contributed by atoms with Gasteiger partial charge in [-0.15, -0.1) is 0 Å². The molecule has 0 saturated heterocycles. The molecule has 2 N–H and O–H groups in total. The van der Waals surface area contributed by atoms with E-state index in [1.807, 2.05) is 18.2 Å². The highest BCUT2D eigenvalue weighted by atomic mass is 16.5. The first-order chi connectivity index (χ1) is 10.1. The number of anilines is 1. The van der Waals surface area contributed by atoms with E-state index in [-0.39, 0.29) is 12.2 Å². The van der Waals surface area contributed by atoms with E-state index in [4.69, 9.17) is 15.2 Å². The number of ether oxygens (including phenoxy) is 2. The maximum atomic E-state index is 12.1. The molecule has 0 aliphatic carbocycles. The monoisotopic (exact) mass is 286 g/mol. The van der Waals surface area contributed by atoms with Crippen LogP contribution in [-0.2, 0) is 17.6 Å². The fourth-order valence-electron chi connectivity index (χ4n) is 2.09. The van der Waals surface area contributed by atoms with Crippen LogP contribution in [0.4, 0.5) is 5.82 Å². The summed E-state index contributed by atoms with van der Waals surface area (Å²) in [5.74, 6) is 1.73. The Hall–Kier alpha value is -2.56. The standard InChI is InChI=1S/C16H18N2O3/c1-20-14-6-5-11(9-15(14)21-2)8-13(19)10-12-4-3-7-18-16(12)17/h3-7,9H,8,10H2,1-2H3,(H2,17,18). The molecule has 0 aliphatic heterocycles. The summed E-state index contributed by atoms with van der Waals surface area (Å²) in [5.41, 5.74) is 7.37. The average molecular weight is 286 g/mol. The maximum Gasteiger partial charge on any atom is 0.161 e. The van der Waals surface area contributed by atoms with Crippen LogP contribution in [0.3, 0.4) is 0 Å². The lowest BCUT2D eigenvalue weighted by Crippen LogP contribution is -2.09. The molecule has 0 saturated carbocycles. The lowest BCUT2D eigenvalue weighted by molar-refractivity contribution is -0.117. The van der Waals surface area contributed by atoms with Gasteiger partial charge in [0.25, 0.3) is 0 Å². The van der Waals surface area contributed by atoms with Crippen LogP contribution in [0.5, 0.6) is 11.5 Å². The van der Waals surface area contributed by atoms with Gasteiger partial charge in [-0.25, -0.2) is 4.98 Å². The molecule has 1 aromatic heterocycles. The number of carbonyl (C=O) groups excluding carboxylic acids is 1. The molecule has 0 fully saturated rings. The summed E-state index contributed by atoms with van der Waals surface area (Å²) in [6.07, 6.45) is 2.19. The van der Waals surface area contributed by atoms with Gasteiger partial charge in [0.2, 0.25) is 0 Å². The van der Waals surface area contributed by atoms with E-state index in [2.05, 4.69) is 4.98 Å². The van der Waals surface area contributed by atoms with Crippen molar-refractivity contribution in [3.63, 3.8) is 0 Å². The number of hydrogen-bond acceptors (Lipinski definition) is 5. The van der Waals surface area contributed by atoms with Gasteiger partial charge in [-0.05, 0) is 23.8 Å². The molecule has 1 aromatic carbocycles. The van der Waals surface area contributed by atoms with Crippen LogP contribution in [0.2, 0.25) is 0 Å². The van der Waals surface area contributed by atoms with Crippen LogP contribution >= 0.6 is 0 Å². The lowest BCUT2D eigenvalue weighted by atomic mass is 10.0. The molecule has 5 nitrogen and oxygen atoms in total. The Morgan fingerprint density at radius 1 is 1.14 bits per heavy atom. The Labute approximate surface area is 123 Å². The molecule has 0 bridgehead atoms. The van der Waals surface area contributed by atoms with Gasteiger partial charge in [0.15, 0.2) is 11.5 Å². The SMILES string of the molecule is COc1ccc(CC(=O)Cc2cccnc2N)cc1OC. The molecular weight excluding hydrogens is 268 g/mol. The van der Waals surface area contributed by atoms with Gasteiger partial charge in [-0.3, -0.25) is 4.79 Å². The third-order valence-corrected chi connectivity index (χ3v) is 3.16. The first-order valence-corrected chi connectivity index (χ1v) is 6.56. The van der Waals surface area contributed by atoms with Crippen molar-refractivity contribution in [2.24, 2.45) is 0 Å².